The minimum absolute atomic E-state index is 0.381. The number of aryl methyl sites for hydroxylation is 1. The van der Waals surface area contributed by atoms with E-state index in [0.717, 1.165) is 33.7 Å². The van der Waals surface area contributed by atoms with Gasteiger partial charge >= 0.3 is 0 Å². The summed E-state index contributed by atoms with van der Waals surface area (Å²) in [7, 11) is 3.64. The van der Waals surface area contributed by atoms with Crippen molar-refractivity contribution in [2.45, 2.75) is 12.8 Å². The highest BCUT2D eigenvalue weighted by molar-refractivity contribution is 7.18. The summed E-state index contributed by atoms with van der Waals surface area (Å²) < 4.78 is 7.04. The number of methoxy groups -OCH3 is 1. The van der Waals surface area contributed by atoms with Gasteiger partial charge in [0.2, 0.25) is 0 Å². The number of rotatable bonds is 4. The van der Waals surface area contributed by atoms with E-state index in [1.165, 1.54) is 10.3 Å². The van der Waals surface area contributed by atoms with Crippen molar-refractivity contribution in [3.63, 3.8) is 0 Å². The Morgan fingerprint density at radius 1 is 1.25 bits per heavy atom. The van der Waals surface area contributed by atoms with Crippen LogP contribution in [0.15, 0.2) is 36.7 Å². The Hall–Kier alpha value is -2.31. The summed E-state index contributed by atoms with van der Waals surface area (Å²) in [4.78, 5) is 11.6. The second kappa shape index (κ2) is 5.96. The van der Waals surface area contributed by atoms with Gasteiger partial charge in [-0.05, 0) is 24.3 Å². The van der Waals surface area contributed by atoms with Gasteiger partial charge < -0.3 is 4.74 Å². The van der Waals surface area contributed by atoms with Gasteiger partial charge in [-0.2, -0.15) is 5.10 Å². The van der Waals surface area contributed by atoms with Gasteiger partial charge in [-0.1, -0.05) is 6.92 Å². The van der Waals surface area contributed by atoms with E-state index in [4.69, 9.17) is 9.72 Å². The molecule has 0 aromatic carbocycles. The average molecular weight is 338 g/mol. The van der Waals surface area contributed by atoms with Crippen LogP contribution in [-0.4, -0.2) is 33.5 Å². The van der Waals surface area contributed by atoms with Crippen LogP contribution in [0.1, 0.15) is 17.7 Å². The summed E-state index contributed by atoms with van der Waals surface area (Å²) in [6.07, 6.45) is 3.81. The highest BCUT2D eigenvalue weighted by atomic mass is 32.1. The molecule has 122 valence electrons. The molecule has 0 aliphatic rings. The molecule has 5 nitrogen and oxygen atoms in total. The predicted molar refractivity (Wildman–Crippen MR) is 97.4 cm³/mol. The van der Waals surface area contributed by atoms with Crippen molar-refractivity contribution < 1.29 is 4.74 Å². The molecule has 0 amide bonds. The Balaban J connectivity index is 1.75. The van der Waals surface area contributed by atoms with Crippen LogP contribution in [0.5, 0.6) is 0 Å². The Labute approximate surface area is 143 Å². The maximum Gasteiger partial charge on any atom is 0.181 e. The quantitative estimate of drug-likeness (QED) is 0.564. The lowest BCUT2D eigenvalue weighted by molar-refractivity contribution is 0.185. The lowest BCUT2D eigenvalue weighted by Gasteiger charge is -2.05. The first kappa shape index (κ1) is 15.2. The van der Waals surface area contributed by atoms with Crippen molar-refractivity contribution in [2.75, 3.05) is 13.7 Å². The third-order valence-electron chi connectivity index (χ3n) is 4.07. The number of pyridine rings is 2. The Morgan fingerprint density at radius 2 is 2.12 bits per heavy atom. The van der Waals surface area contributed by atoms with E-state index in [-0.39, 0.29) is 0 Å². The summed E-state index contributed by atoms with van der Waals surface area (Å²) in [6.45, 7) is 2.90. The highest BCUT2D eigenvalue weighted by Gasteiger charge is 2.12. The summed E-state index contributed by atoms with van der Waals surface area (Å²) in [5, 5.41) is 6.52. The van der Waals surface area contributed by atoms with Crippen LogP contribution in [-0.2, 0) is 11.8 Å². The fourth-order valence-corrected chi connectivity index (χ4v) is 3.91. The van der Waals surface area contributed by atoms with Gasteiger partial charge in [0.25, 0.3) is 0 Å². The SMILES string of the molecule is COCC(C)c1cc2ccc(-c3cnc4nn(C)cc4c3)nc2s1. The van der Waals surface area contributed by atoms with Gasteiger partial charge in [0.1, 0.15) is 4.83 Å². The molecule has 4 rings (SSSR count). The van der Waals surface area contributed by atoms with Crippen LogP contribution in [0.3, 0.4) is 0 Å². The van der Waals surface area contributed by atoms with Gasteiger partial charge in [0.15, 0.2) is 5.65 Å². The first-order valence-corrected chi connectivity index (χ1v) is 8.65. The Kier molecular flexibility index (Phi) is 3.78. The van der Waals surface area contributed by atoms with Crippen LogP contribution < -0.4 is 0 Å². The molecule has 0 N–H and O–H groups in total. The van der Waals surface area contributed by atoms with Crippen LogP contribution in [0.25, 0.3) is 32.5 Å². The third kappa shape index (κ3) is 2.68. The molecule has 0 spiro atoms. The van der Waals surface area contributed by atoms with Crippen molar-refractivity contribution in [2.24, 2.45) is 7.05 Å². The smallest absolute Gasteiger partial charge is 0.181 e. The minimum Gasteiger partial charge on any atom is -0.384 e. The molecular weight excluding hydrogens is 320 g/mol. The van der Waals surface area contributed by atoms with Crippen LogP contribution >= 0.6 is 11.3 Å². The number of nitrogens with zero attached hydrogens (tertiary/aromatic N) is 4. The molecule has 0 radical (unpaired) electrons. The summed E-state index contributed by atoms with van der Waals surface area (Å²) in [5.74, 6) is 0.381. The van der Waals surface area contributed by atoms with Gasteiger partial charge in [-0.3, -0.25) is 4.68 Å². The zero-order chi connectivity index (χ0) is 16.7. The highest BCUT2D eigenvalue weighted by Crippen LogP contribution is 2.32. The van der Waals surface area contributed by atoms with Crippen molar-refractivity contribution in [1.82, 2.24) is 19.7 Å². The van der Waals surface area contributed by atoms with Crippen molar-refractivity contribution in [3.8, 4) is 11.3 Å². The lowest BCUT2D eigenvalue weighted by Crippen LogP contribution is -1.98. The second-order valence-electron chi connectivity index (χ2n) is 6.04. The molecule has 4 aromatic heterocycles. The van der Waals surface area contributed by atoms with Crippen LogP contribution in [0.4, 0.5) is 0 Å². The van der Waals surface area contributed by atoms with Gasteiger partial charge in [-0.15, -0.1) is 11.3 Å². The largest absolute Gasteiger partial charge is 0.384 e. The number of ether oxygens (including phenoxy) is 1. The number of hydrogen-bond acceptors (Lipinski definition) is 5. The summed E-state index contributed by atoms with van der Waals surface area (Å²) in [5.41, 5.74) is 2.71. The van der Waals surface area contributed by atoms with Crippen molar-refractivity contribution in [1.29, 1.82) is 0 Å². The van der Waals surface area contributed by atoms with E-state index in [1.807, 2.05) is 19.4 Å². The second-order valence-corrected chi connectivity index (χ2v) is 7.10. The molecule has 0 saturated heterocycles. The molecule has 0 saturated carbocycles. The van der Waals surface area contributed by atoms with Crippen LogP contribution in [0, 0.1) is 0 Å². The zero-order valence-corrected chi connectivity index (χ0v) is 14.7. The maximum atomic E-state index is 5.26. The molecule has 1 atom stereocenters. The number of fused-ring (bicyclic) bond motifs is 2. The lowest BCUT2D eigenvalue weighted by atomic mass is 10.1. The average Bonchev–Trinajstić information content (AvgIpc) is 3.15. The number of aromatic nitrogens is 4. The van der Waals surface area contributed by atoms with Gasteiger partial charge in [-0.25, -0.2) is 9.97 Å². The number of thiophene rings is 1. The van der Waals surface area contributed by atoms with Crippen LogP contribution in [0.2, 0.25) is 0 Å². The molecule has 1 unspecified atom stereocenters. The molecule has 4 heterocycles. The molecule has 6 heteroatoms. The molecular formula is C18H18N4OS. The molecule has 0 fully saturated rings. The van der Waals surface area contributed by atoms with Gasteiger partial charge in [0.05, 0.1) is 12.3 Å². The van der Waals surface area contributed by atoms with Crippen molar-refractivity contribution >= 4 is 32.6 Å². The Bertz CT molecular complexity index is 1020. The molecule has 0 aliphatic carbocycles. The summed E-state index contributed by atoms with van der Waals surface area (Å²) >= 11 is 1.73. The molecule has 0 bridgehead atoms. The maximum absolute atomic E-state index is 5.26. The monoisotopic (exact) mass is 338 g/mol. The Morgan fingerprint density at radius 3 is 2.96 bits per heavy atom. The standard InChI is InChI=1S/C18H18N4OS/c1-11(10-23-3)16-7-12-4-5-15(20-18(12)24-16)13-6-14-9-22(2)21-17(14)19-8-13/h4-9,11H,10H2,1-3H3. The van der Waals surface area contributed by atoms with E-state index in [9.17, 15) is 0 Å². The van der Waals surface area contributed by atoms with E-state index in [2.05, 4.69) is 41.3 Å². The fraction of sp³-hybridized carbons (Fsp3) is 0.278. The topological polar surface area (TPSA) is 52.8 Å². The molecule has 0 aliphatic heterocycles. The van der Waals surface area contributed by atoms with E-state index >= 15 is 0 Å². The predicted octanol–water partition coefficient (Wildman–Crippen LogP) is 3.99. The first-order valence-electron chi connectivity index (χ1n) is 7.83. The van der Waals surface area contributed by atoms with E-state index in [0.29, 0.717) is 5.92 Å². The number of hydrogen-bond donors (Lipinski definition) is 0. The van der Waals surface area contributed by atoms with E-state index < -0.39 is 0 Å². The molecule has 4 aromatic rings. The summed E-state index contributed by atoms with van der Waals surface area (Å²) in [6, 6.07) is 8.48. The third-order valence-corrected chi connectivity index (χ3v) is 5.35. The zero-order valence-electron chi connectivity index (χ0n) is 13.9. The van der Waals surface area contributed by atoms with Gasteiger partial charge in [0, 0.05) is 53.7 Å². The normalized spacial score (nSPS) is 13.0. The first-order chi connectivity index (χ1) is 11.6. The van der Waals surface area contributed by atoms with E-state index in [1.54, 1.807) is 23.1 Å². The fourth-order valence-electron chi connectivity index (χ4n) is 2.85. The minimum atomic E-state index is 0.381. The van der Waals surface area contributed by atoms with Crippen molar-refractivity contribution in [3.05, 3.63) is 41.5 Å². The molecule has 24 heavy (non-hydrogen) atoms.